The van der Waals surface area contributed by atoms with Gasteiger partial charge in [-0.1, -0.05) is 29.8 Å². The van der Waals surface area contributed by atoms with Gasteiger partial charge in [0.1, 0.15) is 6.61 Å². The standard InChI is InChI=1S/C26H24ClNO4/c1-4-31-26-14-18(8-10-24(26)32-17-19-6-5-7-22(27)13-19)12-21(16-28)20-9-11-23(29-2)25(15-20)30-3/h5-15H,4,17H2,1-3H3/b21-12+. The van der Waals surface area contributed by atoms with Gasteiger partial charge in [0.25, 0.3) is 0 Å². The van der Waals surface area contributed by atoms with Crippen molar-refractivity contribution in [2.75, 3.05) is 20.8 Å². The minimum atomic E-state index is 0.366. The molecule has 0 atom stereocenters. The number of halogens is 1. The van der Waals surface area contributed by atoms with E-state index in [0.29, 0.717) is 46.8 Å². The van der Waals surface area contributed by atoms with Crippen molar-refractivity contribution in [2.45, 2.75) is 13.5 Å². The van der Waals surface area contributed by atoms with E-state index < -0.39 is 0 Å². The fourth-order valence-corrected chi connectivity index (χ4v) is 3.35. The molecule has 0 saturated heterocycles. The first kappa shape index (κ1) is 23.1. The highest BCUT2D eigenvalue weighted by Crippen LogP contribution is 2.33. The first-order valence-electron chi connectivity index (χ1n) is 10.1. The van der Waals surface area contributed by atoms with Crippen LogP contribution in [0.15, 0.2) is 60.7 Å². The van der Waals surface area contributed by atoms with Crippen LogP contribution >= 0.6 is 11.6 Å². The average molecular weight is 450 g/mol. The van der Waals surface area contributed by atoms with Crippen LogP contribution < -0.4 is 18.9 Å². The van der Waals surface area contributed by atoms with E-state index in [1.165, 1.54) is 0 Å². The molecule has 0 unspecified atom stereocenters. The van der Waals surface area contributed by atoms with E-state index in [9.17, 15) is 5.26 Å². The molecule has 0 heterocycles. The Kier molecular flexibility index (Phi) is 8.02. The predicted molar refractivity (Wildman–Crippen MR) is 126 cm³/mol. The van der Waals surface area contributed by atoms with Crippen LogP contribution in [0.1, 0.15) is 23.6 Å². The average Bonchev–Trinajstić information content (AvgIpc) is 2.81. The van der Waals surface area contributed by atoms with Crippen LogP contribution in [0, 0.1) is 11.3 Å². The molecule has 32 heavy (non-hydrogen) atoms. The van der Waals surface area contributed by atoms with Crippen LogP contribution in [0.5, 0.6) is 23.0 Å². The summed E-state index contributed by atoms with van der Waals surface area (Å²) in [6, 6.07) is 20.7. The number of ether oxygens (including phenoxy) is 4. The fraction of sp³-hybridized carbons (Fsp3) is 0.192. The predicted octanol–water partition coefficient (Wildman–Crippen LogP) is 6.40. The molecule has 0 radical (unpaired) electrons. The van der Waals surface area contributed by atoms with Crippen molar-refractivity contribution in [3.05, 3.63) is 82.4 Å². The Morgan fingerprint density at radius 2 is 1.69 bits per heavy atom. The van der Waals surface area contributed by atoms with Crippen molar-refractivity contribution in [3.63, 3.8) is 0 Å². The maximum Gasteiger partial charge on any atom is 0.161 e. The number of allylic oxidation sites excluding steroid dienone is 1. The van der Waals surface area contributed by atoms with Gasteiger partial charge in [-0.05, 0) is 72.2 Å². The van der Waals surface area contributed by atoms with Crippen LogP contribution in [0.25, 0.3) is 11.6 Å². The molecule has 3 aromatic carbocycles. The first-order valence-corrected chi connectivity index (χ1v) is 10.4. The van der Waals surface area contributed by atoms with Gasteiger partial charge in [0.2, 0.25) is 0 Å². The zero-order chi connectivity index (χ0) is 22.9. The first-order chi connectivity index (χ1) is 15.6. The molecule has 0 aliphatic heterocycles. The van der Waals surface area contributed by atoms with Crippen molar-refractivity contribution in [1.82, 2.24) is 0 Å². The van der Waals surface area contributed by atoms with Gasteiger partial charge in [0, 0.05) is 5.02 Å². The lowest BCUT2D eigenvalue weighted by Gasteiger charge is -2.13. The summed E-state index contributed by atoms with van der Waals surface area (Å²) in [5, 5.41) is 10.4. The summed E-state index contributed by atoms with van der Waals surface area (Å²) in [4.78, 5) is 0. The molecule has 0 aromatic heterocycles. The number of hydrogen-bond acceptors (Lipinski definition) is 5. The van der Waals surface area contributed by atoms with E-state index in [4.69, 9.17) is 30.5 Å². The molecule has 0 bridgehead atoms. The van der Waals surface area contributed by atoms with Gasteiger partial charge in [-0.3, -0.25) is 0 Å². The Hall–Kier alpha value is -3.62. The van der Waals surface area contributed by atoms with Crippen molar-refractivity contribution < 1.29 is 18.9 Å². The van der Waals surface area contributed by atoms with Crippen LogP contribution in [0.2, 0.25) is 5.02 Å². The van der Waals surface area contributed by atoms with Gasteiger partial charge in [-0.25, -0.2) is 0 Å². The van der Waals surface area contributed by atoms with Crippen LogP contribution in [0.4, 0.5) is 0 Å². The molecule has 0 saturated carbocycles. The summed E-state index contributed by atoms with van der Waals surface area (Å²) in [5.74, 6) is 2.39. The zero-order valence-corrected chi connectivity index (χ0v) is 19.0. The third-order valence-electron chi connectivity index (χ3n) is 4.68. The van der Waals surface area contributed by atoms with E-state index >= 15 is 0 Å². The summed E-state index contributed by atoms with van der Waals surface area (Å²) >= 11 is 6.05. The quantitative estimate of drug-likeness (QED) is 0.279. The Morgan fingerprint density at radius 1 is 0.906 bits per heavy atom. The molecule has 6 heteroatoms. The second-order valence-corrected chi connectivity index (χ2v) is 7.23. The van der Waals surface area contributed by atoms with Crippen molar-refractivity contribution >= 4 is 23.3 Å². The summed E-state index contributed by atoms with van der Waals surface area (Å²) in [7, 11) is 3.14. The lowest BCUT2D eigenvalue weighted by Crippen LogP contribution is -2.00. The molecule has 0 amide bonds. The number of nitriles is 1. The van der Waals surface area contributed by atoms with Gasteiger partial charge < -0.3 is 18.9 Å². The Morgan fingerprint density at radius 3 is 2.38 bits per heavy atom. The van der Waals surface area contributed by atoms with Crippen molar-refractivity contribution in [2.24, 2.45) is 0 Å². The second-order valence-electron chi connectivity index (χ2n) is 6.80. The molecular formula is C26H24ClNO4. The van der Waals surface area contributed by atoms with Gasteiger partial charge in [-0.2, -0.15) is 5.26 Å². The van der Waals surface area contributed by atoms with Crippen LogP contribution in [0.3, 0.4) is 0 Å². The minimum absolute atomic E-state index is 0.366. The van der Waals surface area contributed by atoms with Crippen LogP contribution in [-0.4, -0.2) is 20.8 Å². The van der Waals surface area contributed by atoms with E-state index in [2.05, 4.69) is 6.07 Å². The normalized spacial score (nSPS) is 10.9. The van der Waals surface area contributed by atoms with E-state index in [0.717, 1.165) is 16.7 Å². The number of methoxy groups -OCH3 is 2. The molecule has 0 aliphatic carbocycles. The van der Waals surface area contributed by atoms with Gasteiger partial charge in [0.15, 0.2) is 23.0 Å². The number of benzene rings is 3. The highest BCUT2D eigenvalue weighted by Gasteiger charge is 2.10. The Balaban J connectivity index is 1.87. The summed E-state index contributed by atoms with van der Waals surface area (Å²) < 4.78 is 22.4. The summed E-state index contributed by atoms with van der Waals surface area (Å²) in [6.07, 6.45) is 1.80. The van der Waals surface area contributed by atoms with Gasteiger partial charge >= 0.3 is 0 Å². The topological polar surface area (TPSA) is 60.7 Å². The monoisotopic (exact) mass is 449 g/mol. The number of hydrogen-bond donors (Lipinski definition) is 0. The highest BCUT2D eigenvalue weighted by molar-refractivity contribution is 6.30. The fourth-order valence-electron chi connectivity index (χ4n) is 3.14. The Bertz CT molecular complexity index is 1150. The molecule has 3 aromatic rings. The summed E-state index contributed by atoms with van der Waals surface area (Å²) in [5.41, 5.74) is 2.99. The lowest BCUT2D eigenvalue weighted by atomic mass is 10.0. The molecule has 0 N–H and O–H groups in total. The molecule has 0 spiro atoms. The number of nitrogens with zero attached hydrogens (tertiary/aromatic N) is 1. The third-order valence-corrected chi connectivity index (χ3v) is 4.91. The molecule has 0 fully saturated rings. The molecule has 0 aliphatic rings. The van der Waals surface area contributed by atoms with E-state index in [1.807, 2.05) is 55.5 Å². The second kappa shape index (κ2) is 11.1. The van der Waals surface area contributed by atoms with Crippen LogP contribution in [-0.2, 0) is 6.61 Å². The van der Waals surface area contributed by atoms with Crippen molar-refractivity contribution in [3.8, 4) is 29.1 Å². The van der Waals surface area contributed by atoms with Gasteiger partial charge in [-0.15, -0.1) is 0 Å². The minimum Gasteiger partial charge on any atom is -0.493 e. The molecule has 3 rings (SSSR count). The third kappa shape index (κ3) is 5.75. The lowest BCUT2D eigenvalue weighted by molar-refractivity contribution is 0.269. The van der Waals surface area contributed by atoms with Gasteiger partial charge in [0.05, 0.1) is 32.5 Å². The molecular weight excluding hydrogens is 426 g/mol. The molecule has 164 valence electrons. The van der Waals surface area contributed by atoms with Crippen molar-refractivity contribution in [1.29, 1.82) is 5.26 Å². The Labute approximate surface area is 193 Å². The summed E-state index contributed by atoms with van der Waals surface area (Å²) in [6.45, 7) is 2.76. The SMILES string of the molecule is CCOc1cc(/C=C(\C#N)c2ccc(OC)c(OC)c2)ccc1OCc1cccc(Cl)c1. The smallest absolute Gasteiger partial charge is 0.161 e. The zero-order valence-electron chi connectivity index (χ0n) is 18.2. The molecule has 5 nitrogen and oxygen atoms in total. The maximum atomic E-state index is 9.73. The van der Waals surface area contributed by atoms with E-state index in [-0.39, 0.29) is 0 Å². The largest absolute Gasteiger partial charge is 0.493 e. The number of rotatable bonds is 9. The highest BCUT2D eigenvalue weighted by atomic mass is 35.5. The van der Waals surface area contributed by atoms with E-state index in [1.54, 1.807) is 32.4 Å². The maximum absolute atomic E-state index is 9.73.